The number of hydrogen-bond acceptors (Lipinski definition) is 5. The van der Waals surface area contributed by atoms with Gasteiger partial charge in [0, 0.05) is 13.6 Å². The Morgan fingerprint density at radius 3 is 2.47 bits per heavy atom. The van der Waals surface area contributed by atoms with E-state index in [-0.39, 0.29) is 5.91 Å². The van der Waals surface area contributed by atoms with Gasteiger partial charge in [0.25, 0.3) is 0 Å². The number of fused-ring (bicyclic) bond motifs is 2. The smallest absolute Gasteiger partial charge is 0.233 e. The topological polar surface area (TPSA) is 55.3 Å². The Morgan fingerprint density at radius 1 is 1.00 bits per heavy atom. The summed E-state index contributed by atoms with van der Waals surface area (Å²) in [7, 11) is 3.50. The van der Waals surface area contributed by atoms with Crippen LogP contribution in [0.2, 0.25) is 0 Å². The summed E-state index contributed by atoms with van der Waals surface area (Å²) in [6, 6.07) is 20.0. The van der Waals surface area contributed by atoms with Crippen molar-refractivity contribution in [2.45, 2.75) is 18.5 Å². The van der Waals surface area contributed by atoms with Crippen LogP contribution in [-0.2, 0) is 11.3 Å². The van der Waals surface area contributed by atoms with E-state index < -0.39 is 0 Å². The summed E-state index contributed by atoms with van der Waals surface area (Å²) in [5.41, 5.74) is 3.66. The molecule has 0 aliphatic carbocycles. The van der Waals surface area contributed by atoms with Crippen LogP contribution in [0.1, 0.15) is 11.3 Å². The first-order valence-corrected chi connectivity index (χ1v) is 10.7. The second-order valence-electron chi connectivity index (χ2n) is 7.19. The summed E-state index contributed by atoms with van der Waals surface area (Å²) in [5.74, 6) is 1.23. The number of benzene rings is 3. The Kier molecular flexibility index (Phi) is 5.86. The SMILES string of the molecule is COc1ccc2cc(CN(C)C(=O)CSc3nc4ccccc4nc3C)ccc2c1. The van der Waals surface area contributed by atoms with Crippen molar-refractivity contribution >= 4 is 39.5 Å². The number of nitrogens with zero attached hydrogens (tertiary/aromatic N) is 3. The maximum Gasteiger partial charge on any atom is 0.233 e. The number of carbonyl (C=O) groups is 1. The van der Waals surface area contributed by atoms with E-state index in [9.17, 15) is 4.79 Å². The van der Waals surface area contributed by atoms with Crippen molar-refractivity contribution in [1.29, 1.82) is 0 Å². The zero-order valence-electron chi connectivity index (χ0n) is 17.3. The van der Waals surface area contributed by atoms with E-state index >= 15 is 0 Å². The lowest BCUT2D eigenvalue weighted by atomic mass is 10.1. The molecule has 6 heteroatoms. The molecule has 0 atom stereocenters. The van der Waals surface area contributed by atoms with E-state index in [1.165, 1.54) is 11.8 Å². The molecule has 1 heterocycles. The summed E-state index contributed by atoms with van der Waals surface area (Å²) in [6.45, 7) is 2.49. The van der Waals surface area contributed by atoms with Gasteiger partial charge < -0.3 is 9.64 Å². The molecule has 0 N–H and O–H groups in total. The largest absolute Gasteiger partial charge is 0.497 e. The molecule has 0 saturated heterocycles. The van der Waals surface area contributed by atoms with Crippen LogP contribution in [0.15, 0.2) is 65.7 Å². The third-order valence-electron chi connectivity index (χ3n) is 4.99. The quantitative estimate of drug-likeness (QED) is 0.420. The van der Waals surface area contributed by atoms with Gasteiger partial charge in [-0.1, -0.05) is 42.1 Å². The first-order chi connectivity index (χ1) is 14.5. The van der Waals surface area contributed by atoms with Gasteiger partial charge in [0.05, 0.1) is 29.6 Å². The van der Waals surface area contributed by atoms with Gasteiger partial charge in [0.15, 0.2) is 0 Å². The predicted molar refractivity (Wildman–Crippen MR) is 122 cm³/mol. The molecule has 0 aliphatic heterocycles. The summed E-state index contributed by atoms with van der Waals surface area (Å²) >= 11 is 1.44. The summed E-state index contributed by atoms with van der Waals surface area (Å²) in [6.07, 6.45) is 0. The van der Waals surface area contributed by atoms with Gasteiger partial charge in [-0.25, -0.2) is 9.97 Å². The van der Waals surface area contributed by atoms with Crippen molar-refractivity contribution in [3.63, 3.8) is 0 Å². The van der Waals surface area contributed by atoms with Gasteiger partial charge >= 0.3 is 0 Å². The highest BCUT2D eigenvalue weighted by molar-refractivity contribution is 7.99. The van der Waals surface area contributed by atoms with E-state index in [1.807, 2.05) is 56.4 Å². The number of aryl methyl sites for hydroxylation is 1. The van der Waals surface area contributed by atoms with E-state index in [1.54, 1.807) is 12.0 Å². The highest BCUT2D eigenvalue weighted by atomic mass is 32.2. The number of methoxy groups -OCH3 is 1. The van der Waals surface area contributed by atoms with E-state index in [2.05, 4.69) is 28.2 Å². The van der Waals surface area contributed by atoms with Crippen LogP contribution in [0.25, 0.3) is 21.8 Å². The molecule has 0 unspecified atom stereocenters. The molecule has 3 aromatic carbocycles. The number of rotatable bonds is 6. The minimum atomic E-state index is 0.0594. The molecule has 0 fully saturated rings. The molecule has 1 aromatic heterocycles. The molecule has 0 saturated carbocycles. The molecule has 4 rings (SSSR count). The summed E-state index contributed by atoms with van der Waals surface area (Å²) in [4.78, 5) is 23.7. The number of hydrogen-bond donors (Lipinski definition) is 0. The van der Waals surface area contributed by atoms with Gasteiger partial charge in [-0.15, -0.1) is 0 Å². The third-order valence-corrected chi connectivity index (χ3v) is 6.04. The van der Waals surface area contributed by atoms with Crippen LogP contribution in [0.4, 0.5) is 0 Å². The molecular formula is C24H23N3O2S. The van der Waals surface area contributed by atoms with Crippen LogP contribution in [0.3, 0.4) is 0 Å². The lowest BCUT2D eigenvalue weighted by Gasteiger charge is -2.17. The average Bonchev–Trinajstić information content (AvgIpc) is 2.77. The molecular weight excluding hydrogens is 394 g/mol. The Morgan fingerprint density at radius 2 is 1.70 bits per heavy atom. The average molecular weight is 418 g/mol. The predicted octanol–water partition coefficient (Wildman–Crippen LogP) is 4.85. The number of carbonyl (C=O) groups excluding carboxylic acids is 1. The van der Waals surface area contributed by atoms with Crippen molar-refractivity contribution in [3.05, 3.63) is 71.9 Å². The van der Waals surface area contributed by atoms with E-state index in [4.69, 9.17) is 4.74 Å². The normalized spacial score (nSPS) is 11.0. The Bertz CT molecular complexity index is 1230. The molecule has 1 amide bonds. The first-order valence-electron chi connectivity index (χ1n) is 9.70. The zero-order chi connectivity index (χ0) is 21.1. The van der Waals surface area contributed by atoms with Crippen LogP contribution >= 0.6 is 11.8 Å². The third kappa shape index (κ3) is 4.39. The molecule has 30 heavy (non-hydrogen) atoms. The molecule has 0 spiro atoms. The van der Waals surface area contributed by atoms with Crippen molar-refractivity contribution < 1.29 is 9.53 Å². The fraction of sp³-hybridized carbons (Fsp3) is 0.208. The number of thioether (sulfide) groups is 1. The van der Waals surface area contributed by atoms with Crippen LogP contribution in [0.5, 0.6) is 5.75 Å². The number of aromatic nitrogens is 2. The van der Waals surface area contributed by atoms with Crippen LogP contribution in [0, 0.1) is 6.92 Å². The van der Waals surface area contributed by atoms with E-state index in [0.29, 0.717) is 12.3 Å². The highest BCUT2D eigenvalue weighted by Gasteiger charge is 2.13. The maximum atomic E-state index is 12.7. The molecule has 0 radical (unpaired) electrons. The minimum Gasteiger partial charge on any atom is -0.497 e. The van der Waals surface area contributed by atoms with Gasteiger partial charge in [-0.2, -0.15) is 0 Å². The van der Waals surface area contributed by atoms with Crippen molar-refractivity contribution in [2.24, 2.45) is 0 Å². The second kappa shape index (κ2) is 8.71. The number of ether oxygens (including phenoxy) is 1. The molecule has 4 aromatic rings. The summed E-state index contributed by atoms with van der Waals surface area (Å²) in [5, 5.41) is 3.05. The summed E-state index contributed by atoms with van der Waals surface area (Å²) < 4.78 is 5.28. The Balaban J connectivity index is 1.41. The standard InChI is InChI=1S/C24H23N3O2S/c1-16-24(26-22-7-5-4-6-21(22)25-16)30-15-23(28)27(2)14-17-8-9-19-13-20(29-3)11-10-18(19)12-17/h4-13H,14-15H2,1-3H3. The van der Waals surface area contributed by atoms with Crippen molar-refractivity contribution in [1.82, 2.24) is 14.9 Å². The first kappa shape index (κ1) is 20.2. The number of para-hydroxylation sites is 2. The van der Waals surface area contributed by atoms with Gasteiger partial charge in [-0.3, -0.25) is 4.79 Å². The van der Waals surface area contributed by atoms with Crippen molar-refractivity contribution in [2.75, 3.05) is 19.9 Å². The van der Waals surface area contributed by atoms with Crippen LogP contribution < -0.4 is 4.74 Å². The van der Waals surface area contributed by atoms with E-state index in [0.717, 1.165) is 43.8 Å². The van der Waals surface area contributed by atoms with Crippen molar-refractivity contribution in [3.8, 4) is 5.75 Å². The fourth-order valence-electron chi connectivity index (χ4n) is 3.31. The van der Waals surface area contributed by atoms with Gasteiger partial charge in [0.1, 0.15) is 10.8 Å². The Labute approximate surface area is 180 Å². The van der Waals surface area contributed by atoms with Gasteiger partial charge in [-0.05, 0) is 53.6 Å². The second-order valence-corrected chi connectivity index (χ2v) is 8.15. The highest BCUT2D eigenvalue weighted by Crippen LogP contribution is 2.24. The molecule has 152 valence electrons. The minimum absolute atomic E-state index is 0.0594. The molecule has 0 bridgehead atoms. The number of amides is 1. The lowest BCUT2D eigenvalue weighted by molar-refractivity contribution is -0.127. The fourth-order valence-corrected chi connectivity index (χ4v) is 4.21. The maximum absolute atomic E-state index is 12.7. The zero-order valence-corrected chi connectivity index (χ0v) is 18.1. The molecule has 0 aliphatic rings. The molecule has 5 nitrogen and oxygen atoms in total. The van der Waals surface area contributed by atoms with Crippen LogP contribution in [-0.4, -0.2) is 40.7 Å². The monoisotopic (exact) mass is 417 g/mol. The lowest BCUT2D eigenvalue weighted by Crippen LogP contribution is -2.27. The Hall–Kier alpha value is -3.12. The van der Waals surface area contributed by atoms with Gasteiger partial charge in [0.2, 0.25) is 5.91 Å².